The fraction of sp³-hybridized carbons (Fsp3) is 0.0833. The summed E-state index contributed by atoms with van der Waals surface area (Å²) < 4.78 is 14.7. The topological polar surface area (TPSA) is 33.1 Å². The average Bonchev–Trinajstić information content (AvgIpc) is 2.32. The average molecular weight is 361 g/mol. The van der Waals surface area contributed by atoms with Crippen molar-refractivity contribution in [2.75, 3.05) is 0 Å². The third-order valence-electron chi connectivity index (χ3n) is 2.30. The van der Waals surface area contributed by atoms with Gasteiger partial charge in [0.15, 0.2) is 0 Å². The molecular formula is C12H8Br2FNO. The quantitative estimate of drug-likeness (QED) is 0.882. The summed E-state index contributed by atoms with van der Waals surface area (Å²) in [5.74, 6) is -0.460. The smallest absolute Gasteiger partial charge is 0.141 e. The van der Waals surface area contributed by atoms with Crippen molar-refractivity contribution in [1.82, 2.24) is 4.98 Å². The lowest BCUT2D eigenvalue weighted by Crippen LogP contribution is -2.01. The number of rotatable bonds is 2. The molecule has 0 saturated heterocycles. The maximum atomic E-state index is 13.0. The van der Waals surface area contributed by atoms with E-state index in [0.29, 0.717) is 11.1 Å². The molecule has 2 nitrogen and oxygen atoms in total. The van der Waals surface area contributed by atoms with Gasteiger partial charge in [-0.25, -0.2) is 4.39 Å². The maximum absolute atomic E-state index is 13.0. The third kappa shape index (κ3) is 2.91. The zero-order chi connectivity index (χ0) is 12.4. The fourth-order valence-electron chi connectivity index (χ4n) is 1.45. The highest BCUT2D eigenvalue weighted by Crippen LogP contribution is 2.29. The second-order valence-corrected chi connectivity index (χ2v) is 5.22. The van der Waals surface area contributed by atoms with Gasteiger partial charge in [0.1, 0.15) is 11.9 Å². The molecule has 1 heterocycles. The highest BCUT2D eigenvalue weighted by Gasteiger charge is 2.12. The predicted molar refractivity (Wildman–Crippen MR) is 70.1 cm³/mol. The summed E-state index contributed by atoms with van der Waals surface area (Å²) in [6.45, 7) is 0. The number of aliphatic hydroxyl groups is 1. The van der Waals surface area contributed by atoms with E-state index >= 15 is 0 Å². The van der Waals surface area contributed by atoms with E-state index in [-0.39, 0.29) is 0 Å². The Morgan fingerprint density at radius 2 is 1.82 bits per heavy atom. The first-order valence-corrected chi connectivity index (χ1v) is 6.40. The van der Waals surface area contributed by atoms with Crippen LogP contribution in [0, 0.1) is 5.82 Å². The molecule has 1 aromatic carbocycles. The number of halogens is 3. The van der Waals surface area contributed by atoms with Gasteiger partial charge in [0.25, 0.3) is 0 Å². The van der Waals surface area contributed by atoms with Crippen molar-refractivity contribution >= 4 is 31.9 Å². The number of aromatic nitrogens is 1. The van der Waals surface area contributed by atoms with Gasteiger partial charge in [0.05, 0.1) is 6.20 Å². The molecule has 0 aliphatic rings. The zero-order valence-electron chi connectivity index (χ0n) is 8.57. The Labute approximate surface area is 115 Å². The number of nitrogens with zero attached hydrogens (tertiary/aromatic N) is 1. The van der Waals surface area contributed by atoms with Crippen molar-refractivity contribution in [1.29, 1.82) is 0 Å². The fourth-order valence-corrected chi connectivity index (χ4v) is 2.10. The SMILES string of the molecule is OC(c1cncc(F)c1)c1ccc(Br)c(Br)c1. The first kappa shape index (κ1) is 12.7. The van der Waals surface area contributed by atoms with Crippen LogP contribution in [0.3, 0.4) is 0 Å². The molecule has 2 aromatic rings. The summed E-state index contributed by atoms with van der Waals surface area (Å²) in [4.78, 5) is 3.71. The molecule has 0 aliphatic heterocycles. The summed E-state index contributed by atoms with van der Waals surface area (Å²) in [5, 5.41) is 10.1. The minimum atomic E-state index is -0.886. The Kier molecular flexibility index (Phi) is 3.91. The summed E-state index contributed by atoms with van der Waals surface area (Å²) in [5.41, 5.74) is 1.10. The van der Waals surface area contributed by atoms with E-state index in [0.717, 1.165) is 15.1 Å². The Morgan fingerprint density at radius 1 is 1.06 bits per heavy atom. The van der Waals surface area contributed by atoms with Crippen molar-refractivity contribution in [3.8, 4) is 0 Å². The molecule has 0 aliphatic carbocycles. The van der Waals surface area contributed by atoms with Crippen LogP contribution in [0.1, 0.15) is 17.2 Å². The lowest BCUT2D eigenvalue weighted by Gasteiger charge is -2.12. The summed E-state index contributed by atoms with van der Waals surface area (Å²) in [7, 11) is 0. The summed E-state index contributed by atoms with van der Waals surface area (Å²) in [6, 6.07) is 6.63. The van der Waals surface area contributed by atoms with E-state index in [1.54, 1.807) is 12.1 Å². The number of benzene rings is 1. The number of pyridine rings is 1. The molecule has 1 N–H and O–H groups in total. The van der Waals surface area contributed by atoms with E-state index in [1.807, 2.05) is 6.07 Å². The molecule has 1 aromatic heterocycles. The summed E-state index contributed by atoms with van der Waals surface area (Å²) >= 11 is 6.70. The van der Waals surface area contributed by atoms with Crippen LogP contribution in [-0.4, -0.2) is 10.1 Å². The van der Waals surface area contributed by atoms with Crippen LogP contribution in [0.15, 0.2) is 45.6 Å². The van der Waals surface area contributed by atoms with Crippen molar-refractivity contribution in [3.63, 3.8) is 0 Å². The van der Waals surface area contributed by atoms with Crippen molar-refractivity contribution in [3.05, 3.63) is 62.5 Å². The van der Waals surface area contributed by atoms with Crippen molar-refractivity contribution in [2.24, 2.45) is 0 Å². The van der Waals surface area contributed by atoms with Gasteiger partial charge in [-0.2, -0.15) is 0 Å². The van der Waals surface area contributed by atoms with Crippen LogP contribution in [0.5, 0.6) is 0 Å². The van der Waals surface area contributed by atoms with Crippen LogP contribution in [0.4, 0.5) is 4.39 Å². The van der Waals surface area contributed by atoms with Crippen molar-refractivity contribution in [2.45, 2.75) is 6.10 Å². The van der Waals surface area contributed by atoms with Gasteiger partial charge in [-0.1, -0.05) is 6.07 Å². The third-order valence-corrected chi connectivity index (χ3v) is 4.18. The normalized spacial score (nSPS) is 12.5. The molecule has 5 heteroatoms. The lowest BCUT2D eigenvalue weighted by atomic mass is 10.0. The second kappa shape index (κ2) is 5.25. The van der Waals surface area contributed by atoms with E-state index in [4.69, 9.17) is 0 Å². The Morgan fingerprint density at radius 3 is 2.47 bits per heavy atom. The number of aliphatic hydroxyl groups excluding tert-OH is 1. The first-order chi connectivity index (χ1) is 8.08. The van der Waals surface area contributed by atoms with Crippen LogP contribution in [0.25, 0.3) is 0 Å². The maximum Gasteiger partial charge on any atom is 0.141 e. The largest absolute Gasteiger partial charge is 0.384 e. The summed E-state index contributed by atoms with van der Waals surface area (Å²) in [6.07, 6.45) is 1.67. The van der Waals surface area contributed by atoms with Crippen LogP contribution >= 0.6 is 31.9 Å². The number of hydrogen-bond donors (Lipinski definition) is 1. The van der Waals surface area contributed by atoms with Crippen LogP contribution in [0.2, 0.25) is 0 Å². The highest BCUT2D eigenvalue weighted by molar-refractivity contribution is 9.13. The molecule has 0 bridgehead atoms. The molecule has 1 atom stereocenters. The minimum Gasteiger partial charge on any atom is -0.384 e. The highest BCUT2D eigenvalue weighted by atomic mass is 79.9. The standard InChI is InChI=1S/C12H8Br2FNO/c13-10-2-1-7(4-11(10)14)12(17)8-3-9(15)6-16-5-8/h1-6,12,17H. The molecule has 1 unspecified atom stereocenters. The van der Waals surface area contributed by atoms with Crippen LogP contribution < -0.4 is 0 Å². The molecule has 0 amide bonds. The molecule has 0 spiro atoms. The van der Waals surface area contributed by atoms with Gasteiger partial charge in [0, 0.05) is 20.7 Å². The number of hydrogen-bond acceptors (Lipinski definition) is 2. The molecule has 17 heavy (non-hydrogen) atoms. The van der Waals surface area contributed by atoms with Gasteiger partial charge in [-0.3, -0.25) is 4.98 Å². The molecule has 0 radical (unpaired) electrons. The molecule has 2 rings (SSSR count). The Hall–Kier alpha value is -0.780. The molecule has 88 valence electrons. The molecule has 0 saturated carbocycles. The van der Waals surface area contributed by atoms with Gasteiger partial charge in [0.2, 0.25) is 0 Å². The van der Waals surface area contributed by atoms with E-state index in [9.17, 15) is 9.50 Å². The van der Waals surface area contributed by atoms with E-state index < -0.39 is 11.9 Å². The van der Waals surface area contributed by atoms with Gasteiger partial charge < -0.3 is 5.11 Å². The van der Waals surface area contributed by atoms with Crippen molar-refractivity contribution < 1.29 is 9.50 Å². The van der Waals surface area contributed by atoms with E-state index in [1.165, 1.54) is 12.3 Å². The first-order valence-electron chi connectivity index (χ1n) is 4.81. The Balaban J connectivity index is 2.36. The Bertz CT molecular complexity index is 548. The monoisotopic (exact) mass is 359 g/mol. The van der Waals surface area contributed by atoms with Gasteiger partial charge >= 0.3 is 0 Å². The molecule has 0 fully saturated rings. The second-order valence-electron chi connectivity index (χ2n) is 3.51. The lowest BCUT2D eigenvalue weighted by molar-refractivity contribution is 0.219. The van der Waals surface area contributed by atoms with E-state index in [2.05, 4.69) is 36.8 Å². The molecular weight excluding hydrogens is 353 g/mol. The van der Waals surface area contributed by atoms with Gasteiger partial charge in [-0.05, 0) is 55.6 Å². The minimum absolute atomic E-state index is 0.430. The van der Waals surface area contributed by atoms with Crippen LogP contribution in [-0.2, 0) is 0 Å². The van der Waals surface area contributed by atoms with Gasteiger partial charge in [-0.15, -0.1) is 0 Å². The zero-order valence-corrected chi connectivity index (χ0v) is 11.7. The predicted octanol–water partition coefficient (Wildman–Crippen LogP) is 3.83.